The molecule has 1 aromatic rings. The molecule has 0 saturated carbocycles. The van der Waals surface area contributed by atoms with Crippen LogP contribution in [0.25, 0.3) is 0 Å². The Bertz CT molecular complexity index is 1040. The molecule has 2 aliphatic heterocycles. The molecule has 4 atom stereocenters. The van der Waals surface area contributed by atoms with Crippen molar-refractivity contribution < 1.29 is 43.6 Å². The van der Waals surface area contributed by atoms with Crippen LogP contribution >= 0.6 is 0 Å². The molecule has 2 aliphatic rings. The van der Waals surface area contributed by atoms with E-state index in [9.17, 15) is 29.4 Å². The van der Waals surface area contributed by atoms with Gasteiger partial charge in [-0.25, -0.2) is 14.4 Å². The molecule has 3 rings (SSSR count). The molecular weight excluding hydrogens is 560 g/mol. The van der Waals surface area contributed by atoms with Crippen LogP contribution in [0, 0.1) is 5.92 Å². The maximum absolute atomic E-state index is 13.4. The van der Waals surface area contributed by atoms with Gasteiger partial charge in [-0.05, 0) is 63.6 Å². The summed E-state index contributed by atoms with van der Waals surface area (Å²) in [5.41, 5.74) is 0.132. The molecule has 1 aromatic carbocycles. The number of fused-ring (bicyclic) bond motifs is 13. The summed E-state index contributed by atoms with van der Waals surface area (Å²) in [6.45, 7) is 9.96. The van der Waals surface area contributed by atoms with Crippen molar-refractivity contribution >= 4 is 24.0 Å². The Balaban J connectivity index is 2.04. The highest BCUT2D eigenvalue weighted by Gasteiger charge is 2.28. The number of amides is 4. The zero-order valence-corrected chi connectivity index (χ0v) is 25.8. The van der Waals surface area contributed by atoms with Crippen molar-refractivity contribution in [1.82, 2.24) is 21.3 Å². The Kier molecular flexibility index (Phi) is 14.5. The monoisotopic (exact) mass is 608 g/mol. The van der Waals surface area contributed by atoms with Crippen molar-refractivity contribution in [2.45, 2.75) is 96.6 Å². The number of benzene rings is 1. The van der Waals surface area contributed by atoms with E-state index in [0.29, 0.717) is 38.2 Å². The lowest BCUT2D eigenvalue weighted by Crippen LogP contribution is -2.56. The number of aliphatic hydroxyl groups is 1. The van der Waals surface area contributed by atoms with Crippen LogP contribution in [0.15, 0.2) is 24.3 Å². The van der Waals surface area contributed by atoms with Gasteiger partial charge in [-0.3, -0.25) is 4.79 Å². The first-order valence-corrected chi connectivity index (χ1v) is 14.8. The third kappa shape index (κ3) is 14.4. The maximum atomic E-state index is 13.4. The molecule has 2 heterocycles. The number of ether oxygens (including phenoxy) is 3. The van der Waals surface area contributed by atoms with Crippen LogP contribution in [0.2, 0.25) is 0 Å². The van der Waals surface area contributed by atoms with Crippen LogP contribution in [0.3, 0.4) is 0 Å². The van der Waals surface area contributed by atoms with Crippen LogP contribution < -0.4 is 26.0 Å². The molecule has 0 saturated heterocycles. The molecule has 0 aliphatic carbocycles. The van der Waals surface area contributed by atoms with E-state index in [1.807, 2.05) is 13.8 Å². The highest BCUT2D eigenvalue weighted by molar-refractivity contribution is 5.89. The van der Waals surface area contributed by atoms with Crippen LogP contribution in [-0.4, -0.2) is 90.4 Å². The number of carbonyl (C=O) groups is 4. The number of nitrogens with one attached hydrogen (secondary N) is 4. The van der Waals surface area contributed by atoms with Crippen LogP contribution in [-0.2, 0) is 25.5 Å². The molecular formula is C30H48N4O9. The number of hydrogen-bond donors (Lipinski definition) is 6. The number of urea groups is 1. The highest BCUT2D eigenvalue weighted by atomic mass is 16.6. The van der Waals surface area contributed by atoms with Gasteiger partial charge in [-0.15, -0.1) is 0 Å². The second-order valence-corrected chi connectivity index (χ2v) is 12.0. The molecule has 0 radical (unpaired) electrons. The molecule has 2 bridgehead atoms. The van der Waals surface area contributed by atoms with Crippen LogP contribution in [0.4, 0.5) is 9.59 Å². The first-order valence-electron chi connectivity index (χ1n) is 14.8. The topological polar surface area (TPSA) is 185 Å². The summed E-state index contributed by atoms with van der Waals surface area (Å²) >= 11 is 0. The predicted octanol–water partition coefficient (Wildman–Crippen LogP) is 2.35. The van der Waals surface area contributed by atoms with Gasteiger partial charge < -0.3 is 45.7 Å². The Morgan fingerprint density at radius 2 is 1.81 bits per heavy atom. The van der Waals surface area contributed by atoms with Crippen molar-refractivity contribution in [2.24, 2.45) is 5.92 Å². The second kappa shape index (κ2) is 17.5. The number of carbonyl (C=O) groups excluding carboxylic acids is 3. The summed E-state index contributed by atoms with van der Waals surface area (Å²) in [5, 5.41) is 30.5. The number of aliphatic carboxylic acids is 1. The fourth-order valence-corrected chi connectivity index (χ4v) is 4.17. The van der Waals surface area contributed by atoms with Gasteiger partial charge in [0.2, 0.25) is 5.91 Å². The summed E-state index contributed by atoms with van der Waals surface area (Å²) in [5.74, 6) is -1.07. The summed E-state index contributed by atoms with van der Waals surface area (Å²) in [6.07, 6.45) is 0.272. The third-order valence-electron chi connectivity index (χ3n) is 6.64. The van der Waals surface area contributed by atoms with Gasteiger partial charge in [0.15, 0.2) is 0 Å². The van der Waals surface area contributed by atoms with Gasteiger partial charge in [0.25, 0.3) is 0 Å². The summed E-state index contributed by atoms with van der Waals surface area (Å²) in [6, 6.07) is 3.66. The van der Waals surface area contributed by atoms with Gasteiger partial charge in [0.1, 0.15) is 23.4 Å². The average Bonchev–Trinajstić information content (AvgIpc) is 2.90. The Labute approximate surface area is 253 Å². The molecule has 13 heteroatoms. The zero-order valence-electron chi connectivity index (χ0n) is 25.8. The number of unbranched alkanes of at least 4 members (excludes halogenated alkanes) is 1. The van der Waals surface area contributed by atoms with E-state index in [0.717, 1.165) is 5.56 Å². The third-order valence-corrected chi connectivity index (χ3v) is 6.64. The van der Waals surface area contributed by atoms with Gasteiger partial charge in [-0.2, -0.15) is 0 Å². The molecule has 6 N–H and O–H groups in total. The van der Waals surface area contributed by atoms with E-state index in [4.69, 9.17) is 14.2 Å². The number of rotatable bonds is 9. The number of carboxylic acid groups (broad SMARTS) is 1. The Morgan fingerprint density at radius 3 is 2.44 bits per heavy atom. The van der Waals surface area contributed by atoms with E-state index in [2.05, 4.69) is 21.3 Å². The first kappa shape index (κ1) is 35.6. The van der Waals surface area contributed by atoms with Gasteiger partial charge in [0.05, 0.1) is 32.0 Å². The first-order chi connectivity index (χ1) is 20.2. The van der Waals surface area contributed by atoms with Crippen molar-refractivity contribution in [3.63, 3.8) is 0 Å². The maximum Gasteiger partial charge on any atom is 0.407 e. The van der Waals surface area contributed by atoms with Crippen LogP contribution in [0.1, 0.15) is 65.9 Å². The molecule has 0 aromatic heterocycles. The van der Waals surface area contributed by atoms with E-state index in [1.54, 1.807) is 45.0 Å². The minimum atomic E-state index is -1.22. The van der Waals surface area contributed by atoms with E-state index >= 15 is 0 Å². The SMILES string of the molecule is CC(C)[C@H]1COCC(O)CCOc2ccc(cc2)C[C@@H](NC(=O)N[C@@H](CCCCNC(=O)OC(C)(C)C)C(=O)O)C(=O)N1. The summed E-state index contributed by atoms with van der Waals surface area (Å²) < 4.78 is 16.5. The lowest BCUT2D eigenvalue weighted by Gasteiger charge is -2.27. The quantitative estimate of drug-likeness (QED) is 0.229. The minimum Gasteiger partial charge on any atom is -0.493 e. The summed E-state index contributed by atoms with van der Waals surface area (Å²) in [7, 11) is 0. The van der Waals surface area contributed by atoms with E-state index in [-0.39, 0.29) is 38.0 Å². The lowest BCUT2D eigenvalue weighted by atomic mass is 10.0. The molecule has 242 valence electrons. The van der Waals surface area contributed by atoms with E-state index in [1.165, 1.54) is 0 Å². The smallest absolute Gasteiger partial charge is 0.407 e. The largest absolute Gasteiger partial charge is 0.493 e. The van der Waals surface area contributed by atoms with Crippen molar-refractivity contribution in [1.29, 1.82) is 0 Å². The molecule has 1 unspecified atom stereocenters. The van der Waals surface area contributed by atoms with Crippen LogP contribution in [0.5, 0.6) is 5.75 Å². The zero-order chi connectivity index (χ0) is 32.0. The minimum absolute atomic E-state index is 0.00160. The number of aliphatic hydroxyl groups excluding tert-OH is 1. The van der Waals surface area contributed by atoms with E-state index < -0.39 is 47.8 Å². The number of hydrogen-bond acceptors (Lipinski definition) is 8. The summed E-state index contributed by atoms with van der Waals surface area (Å²) in [4.78, 5) is 49.9. The average molecular weight is 609 g/mol. The highest BCUT2D eigenvalue weighted by Crippen LogP contribution is 2.15. The Hall–Kier alpha value is -3.58. The van der Waals surface area contributed by atoms with Gasteiger partial charge >= 0.3 is 18.1 Å². The lowest BCUT2D eigenvalue weighted by molar-refractivity contribution is -0.139. The molecule has 0 fully saturated rings. The fourth-order valence-electron chi connectivity index (χ4n) is 4.17. The fraction of sp³-hybridized carbons (Fsp3) is 0.667. The number of alkyl carbamates (subject to hydrolysis) is 1. The standard InChI is InChI=1S/C30H48N4O9/c1-19(2)25-18-41-17-21(35)13-15-42-22-11-9-20(10-12-22)16-24(26(36)32-25)34-28(39)33-23(27(37)38)8-6-7-14-31-29(40)43-30(3,4)5/h9-12,19,21,23-25,35H,6-8,13-18H2,1-5H3,(H,31,40)(H,32,36)(H,37,38)(H2,33,34,39)/t21?,23-,24+,25+/m0/s1. The molecule has 43 heavy (non-hydrogen) atoms. The van der Waals surface area contributed by atoms with Gasteiger partial charge in [0, 0.05) is 19.4 Å². The molecule has 13 nitrogen and oxygen atoms in total. The van der Waals surface area contributed by atoms with Crippen molar-refractivity contribution in [2.75, 3.05) is 26.4 Å². The van der Waals surface area contributed by atoms with Gasteiger partial charge in [-0.1, -0.05) is 26.0 Å². The number of carboxylic acids is 1. The normalized spacial score (nSPS) is 20.8. The molecule has 4 amide bonds. The van der Waals surface area contributed by atoms with Crippen molar-refractivity contribution in [3.8, 4) is 5.75 Å². The Morgan fingerprint density at radius 1 is 1.12 bits per heavy atom. The predicted molar refractivity (Wildman–Crippen MR) is 159 cm³/mol. The molecule has 0 spiro atoms. The second-order valence-electron chi connectivity index (χ2n) is 12.0. The van der Waals surface area contributed by atoms with Crippen molar-refractivity contribution in [3.05, 3.63) is 29.8 Å².